The lowest BCUT2D eigenvalue weighted by atomic mass is 9.75. The zero-order chi connectivity index (χ0) is 19.3. The predicted molar refractivity (Wildman–Crippen MR) is 106 cm³/mol. The second kappa shape index (κ2) is 6.78. The summed E-state index contributed by atoms with van der Waals surface area (Å²) in [6.07, 6.45) is 3.85. The summed E-state index contributed by atoms with van der Waals surface area (Å²) < 4.78 is 5.44. The van der Waals surface area contributed by atoms with E-state index in [0.717, 1.165) is 31.7 Å². The van der Waals surface area contributed by atoms with Crippen LogP contribution in [0.3, 0.4) is 0 Å². The summed E-state index contributed by atoms with van der Waals surface area (Å²) in [6, 6.07) is 11.9. The molecule has 1 amide bonds. The molecule has 4 saturated heterocycles. The normalized spacial score (nSPS) is 30.9. The number of aromatic nitrogens is 1. The highest BCUT2D eigenvalue weighted by atomic mass is 16.5. The maximum atomic E-state index is 13.4. The Bertz CT molecular complexity index is 928. The van der Waals surface area contributed by atoms with Gasteiger partial charge in [-0.1, -0.05) is 12.1 Å². The Morgan fingerprint density at radius 3 is 2.68 bits per heavy atom. The highest BCUT2D eigenvalue weighted by Gasteiger charge is 2.54. The topological polar surface area (TPSA) is 65.6 Å². The second-order valence-electron chi connectivity index (χ2n) is 8.14. The first-order valence-electron chi connectivity index (χ1n) is 10.0. The van der Waals surface area contributed by atoms with E-state index in [1.807, 2.05) is 12.1 Å². The van der Waals surface area contributed by atoms with Crippen LogP contribution in [0.25, 0.3) is 0 Å². The molecular weight excluding hydrogens is 354 g/mol. The molecule has 4 fully saturated rings. The third-order valence-corrected chi connectivity index (χ3v) is 6.81. The molecule has 1 N–H and O–H groups in total. The van der Waals surface area contributed by atoms with Gasteiger partial charge in [-0.2, -0.15) is 0 Å². The lowest BCUT2D eigenvalue weighted by Crippen LogP contribution is -2.60. The number of likely N-dealkylation sites (tertiary alicyclic amines) is 1. The van der Waals surface area contributed by atoms with Crippen molar-refractivity contribution >= 4 is 5.91 Å². The van der Waals surface area contributed by atoms with Gasteiger partial charge in [0.15, 0.2) is 0 Å². The number of carbonyl (C=O) groups excluding carboxylic acids is 1. The lowest BCUT2D eigenvalue weighted by Gasteiger charge is -2.51. The molecule has 4 aliphatic rings. The van der Waals surface area contributed by atoms with Crippen molar-refractivity contribution in [2.24, 2.45) is 5.92 Å². The number of fused-ring (bicyclic) bond motifs is 2. The molecule has 3 atom stereocenters. The van der Waals surface area contributed by atoms with Crippen molar-refractivity contribution in [2.75, 3.05) is 26.7 Å². The zero-order valence-corrected chi connectivity index (χ0v) is 16.0. The summed E-state index contributed by atoms with van der Waals surface area (Å²) >= 11 is 0. The number of nitrogens with zero attached hydrogens (tertiary/aromatic N) is 2. The van der Waals surface area contributed by atoms with Crippen LogP contribution in [-0.4, -0.2) is 59.5 Å². The lowest BCUT2D eigenvalue weighted by molar-refractivity contribution is -0.00342. The molecule has 146 valence electrons. The Kier molecular flexibility index (Phi) is 4.23. The van der Waals surface area contributed by atoms with Crippen molar-refractivity contribution in [3.05, 3.63) is 64.1 Å². The number of methoxy groups -OCH3 is 1. The highest BCUT2D eigenvalue weighted by Crippen LogP contribution is 2.47. The van der Waals surface area contributed by atoms with E-state index in [1.165, 1.54) is 11.6 Å². The summed E-state index contributed by atoms with van der Waals surface area (Å²) in [6.45, 7) is 2.94. The molecule has 1 aromatic heterocycles. The molecule has 2 aromatic rings. The highest BCUT2D eigenvalue weighted by molar-refractivity contribution is 5.94. The van der Waals surface area contributed by atoms with Crippen LogP contribution in [0.15, 0.2) is 47.4 Å². The molecule has 0 saturated carbocycles. The smallest absolute Gasteiger partial charge is 0.255 e. The largest absolute Gasteiger partial charge is 0.497 e. The van der Waals surface area contributed by atoms with Crippen molar-refractivity contribution < 1.29 is 9.53 Å². The zero-order valence-electron chi connectivity index (χ0n) is 16.0. The van der Waals surface area contributed by atoms with E-state index < -0.39 is 0 Å². The molecule has 6 heteroatoms. The number of aromatic amines is 1. The van der Waals surface area contributed by atoms with Gasteiger partial charge in [0, 0.05) is 30.8 Å². The number of ether oxygens (including phenoxy) is 1. The van der Waals surface area contributed by atoms with Gasteiger partial charge < -0.3 is 14.6 Å². The molecule has 6 nitrogen and oxygen atoms in total. The van der Waals surface area contributed by atoms with Gasteiger partial charge in [-0.25, -0.2) is 0 Å². The Morgan fingerprint density at radius 2 is 1.96 bits per heavy atom. The van der Waals surface area contributed by atoms with Gasteiger partial charge in [0.05, 0.1) is 18.7 Å². The maximum Gasteiger partial charge on any atom is 0.255 e. The van der Waals surface area contributed by atoms with Crippen LogP contribution in [-0.2, 0) is 0 Å². The fraction of sp³-hybridized carbons (Fsp3) is 0.455. The van der Waals surface area contributed by atoms with E-state index >= 15 is 0 Å². The minimum atomic E-state index is -0.187. The molecule has 28 heavy (non-hydrogen) atoms. The SMILES string of the molecule is COc1cccc([C@H]2CN(C(=O)c3ccc(=O)[nH]c3)[C@@H]3C4CCN(CC4)[C@H]23)c1. The average molecular weight is 379 g/mol. The van der Waals surface area contributed by atoms with Crippen molar-refractivity contribution in [1.82, 2.24) is 14.8 Å². The Hall–Kier alpha value is -2.60. The van der Waals surface area contributed by atoms with Gasteiger partial charge in [0.25, 0.3) is 5.91 Å². The number of amides is 1. The minimum Gasteiger partial charge on any atom is -0.497 e. The number of H-pyrrole nitrogens is 1. The first-order chi connectivity index (χ1) is 13.7. The van der Waals surface area contributed by atoms with Gasteiger partial charge >= 0.3 is 0 Å². The number of pyridine rings is 1. The number of benzene rings is 1. The summed E-state index contributed by atoms with van der Waals surface area (Å²) in [7, 11) is 1.69. The Labute approximate surface area is 164 Å². The van der Waals surface area contributed by atoms with Crippen LogP contribution in [0.5, 0.6) is 5.75 Å². The number of rotatable bonds is 3. The van der Waals surface area contributed by atoms with Crippen LogP contribution < -0.4 is 10.3 Å². The number of piperidine rings is 3. The molecule has 0 spiro atoms. The monoisotopic (exact) mass is 379 g/mol. The Balaban J connectivity index is 1.52. The molecule has 0 radical (unpaired) electrons. The number of hydrogen-bond donors (Lipinski definition) is 1. The number of carbonyl (C=O) groups is 1. The van der Waals surface area contributed by atoms with Crippen molar-refractivity contribution in [2.45, 2.75) is 30.8 Å². The first-order valence-corrected chi connectivity index (χ1v) is 10.0. The van der Waals surface area contributed by atoms with Gasteiger partial charge in [0.1, 0.15) is 5.75 Å². The van der Waals surface area contributed by atoms with Crippen LogP contribution in [0, 0.1) is 5.92 Å². The predicted octanol–water partition coefficient (Wildman–Crippen LogP) is 2.09. The standard InChI is InChI=1S/C22H25N3O3/c1-28-17-4-2-3-15(11-17)18-13-25(22(27)16-5-6-19(26)23-12-16)20-14-7-9-24(10-8-14)21(18)20/h2-6,11-12,14,18,20-21H,7-10,13H2,1H3,(H,23,26)/t18-,20-,21-/m1/s1. The van der Waals surface area contributed by atoms with E-state index in [-0.39, 0.29) is 23.4 Å². The van der Waals surface area contributed by atoms with E-state index in [1.54, 1.807) is 19.4 Å². The van der Waals surface area contributed by atoms with E-state index in [9.17, 15) is 9.59 Å². The Morgan fingerprint density at radius 1 is 1.14 bits per heavy atom. The molecule has 5 heterocycles. The molecular formula is C22H25N3O3. The molecule has 0 aliphatic carbocycles. The third kappa shape index (κ3) is 2.75. The molecule has 6 rings (SSSR count). The first kappa shape index (κ1) is 17.5. The molecule has 1 aromatic carbocycles. The van der Waals surface area contributed by atoms with E-state index in [0.29, 0.717) is 24.1 Å². The maximum absolute atomic E-state index is 13.4. The van der Waals surface area contributed by atoms with E-state index in [4.69, 9.17) is 4.74 Å². The van der Waals surface area contributed by atoms with Gasteiger partial charge in [0.2, 0.25) is 5.56 Å². The second-order valence-corrected chi connectivity index (χ2v) is 8.14. The van der Waals surface area contributed by atoms with Crippen LogP contribution >= 0.6 is 0 Å². The quantitative estimate of drug-likeness (QED) is 0.887. The minimum absolute atomic E-state index is 0.0189. The fourth-order valence-corrected chi connectivity index (χ4v) is 5.53. The van der Waals surface area contributed by atoms with Gasteiger partial charge in [-0.3, -0.25) is 14.5 Å². The van der Waals surface area contributed by atoms with E-state index in [2.05, 4.69) is 26.9 Å². The summed E-state index contributed by atoms with van der Waals surface area (Å²) in [5.41, 5.74) is 1.60. The van der Waals surface area contributed by atoms with Crippen molar-refractivity contribution in [3.63, 3.8) is 0 Å². The molecule has 4 aliphatic heterocycles. The number of hydrogen-bond acceptors (Lipinski definition) is 4. The van der Waals surface area contributed by atoms with Crippen molar-refractivity contribution in [1.29, 1.82) is 0 Å². The average Bonchev–Trinajstić information content (AvgIpc) is 3.18. The van der Waals surface area contributed by atoms with Gasteiger partial charge in [-0.05, 0) is 55.6 Å². The molecule has 2 bridgehead atoms. The summed E-state index contributed by atoms with van der Waals surface area (Å²) in [5.74, 6) is 1.70. The van der Waals surface area contributed by atoms with Crippen LogP contribution in [0.4, 0.5) is 0 Å². The summed E-state index contributed by atoms with van der Waals surface area (Å²) in [4.78, 5) is 32.0. The summed E-state index contributed by atoms with van der Waals surface area (Å²) in [5, 5.41) is 0. The van der Waals surface area contributed by atoms with Crippen LogP contribution in [0.1, 0.15) is 34.7 Å². The van der Waals surface area contributed by atoms with Crippen molar-refractivity contribution in [3.8, 4) is 5.75 Å². The fourth-order valence-electron chi connectivity index (χ4n) is 5.53. The number of nitrogens with one attached hydrogen (secondary N) is 1. The molecule has 0 unspecified atom stereocenters. The van der Waals surface area contributed by atoms with Crippen LogP contribution in [0.2, 0.25) is 0 Å². The van der Waals surface area contributed by atoms with Gasteiger partial charge in [-0.15, -0.1) is 0 Å². The third-order valence-electron chi connectivity index (χ3n) is 6.81.